The molecule has 59 heavy (non-hydrogen) atoms. The van der Waals surface area contributed by atoms with Crippen molar-refractivity contribution in [1.29, 1.82) is 0 Å². The van der Waals surface area contributed by atoms with Gasteiger partial charge in [0.15, 0.2) is 0 Å². The minimum atomic E-state index is -0.792. The molecule has 4 aromatic rings. The molecule has 316 valence electrons. The summed E-state index contributed by atoms with van der Waals surface area (Å²) in [5.74, 6) is 0.434. The van der Waals surface area contributed by atoms with E-state index in [-0.39, 0.29) is 42.2 Å². The van der Waals surface area contributed by atoms with E-state index >= 15 is 4.39 Å². The van der Waals surface area contributed by atoms with Gasteiger partial charge < -0.3 is 44.6 Å². The summed E-state index contributed by atoms with van der Waals surface area (Å²) < 4.78 is 31.8. The zero-order valence-corrected chi connectivity index (χ0v) is 35.1. The molecule has 0 spiro atoms. The van der Waals surface area contributed by atoms with Crippen LogP contribution in [-0.2, 0) is 25.7 Å². The number of carbonyl (C=O) groups is 4. The van der Waals surface area contributed by atoms with E-state index in [4.69, 9.17) is 19.2 Å². The van der Waals surface area contributed by atoms with Crippen molar-refractivity contribution in [3.63, 3.8) is 0 Å². The van der Waals surface area contributed by atoms with Crippen molar-refractivity contribution < 1.29 is 37.8 Å². The minimum Gasteiger partial charge on any atom is -0.488 e. The summed E-state index contributed by atoms with van der Waals surface area (Å²) in [4.78, 5) is 71.0. The number of H-pyrrole nitrogens is 2. The number of halogens is 1. The van der Waals surface area contributed by atoms with Gasteiger partial charge in [-0.05, 0) is 72.4 Å². The molecule has 1 fully saturated rings. The monoisotopic (exact) mass is 814 g/mol. The summed E-state index contributed by atoms with van der Waals surface area (Å²) in [5, 5.41) is 5.35. The number of ether oxygens (including phenoxy) is 3. The number of amides is 4. The van der Waals surface area contributed by atoms with Crippen molar-refractivity contribution in [2.75, 3.05) is 27.3 Å². The second-order valence-corrected chi connectivity index (χ2v) is 16.0. The van der Waals surface area contributed by atoms with Crippen LogP contribution in [0.4, 0.5) is 14.0 Å². The quantitative estimate of drug-likeness (QED) is 0.109. The van der Waals surface area contributed by atoms with Crippen molar-refractivity contribution in [2.24, 2.45) is 17.8 Å². The number of fused-ring (bicyclic) bond motifs is 3. The summed E-state index contributed by atoms with van der Waals surface area (Å²) >= 11 is 0. The van der Waals surface area contributed by atoms with E-state index in [9.17, 15) is 19.2 Å². The SMILES string of the molecule is CCCN(C(=O)C(NC(=O)OC)C(C)C)C(C)c1ncc(-c2cc(F)c3c(c2)OCc2cc(-c4cnc(C5C(C)CCN5C(=O)C(NC(=O)OC)C(C)C)[nH]4)ccc2-3)[nH]1. The molecule has 0 aliphatic carbocycles. The second kappa shape index (κ2) is 17.9. The number of carbonyl (C=O) groups excluding carboxylic acids is 4. The maximum absolute atomic E-state index is 16.1. The van der Waals surface area contributed by atoms with Gasteiger partial charge in [0.25, 0.3) is 0 Å². The number of nitrogens with zero attached hydrogens (tertiary/aromatic N) is 4. The third-order valence-corrected chi connectivity index (χ3v) is 11.3. The van der Waals surface area contributed by atoms with Gasteiger partial charge in [0, 0.05) is 18.7 Å². The zero-order valence-electron chi connectivity index (χ0n) is 35.1. The summed E-state index contributed by atoms with van der Waals surface area (Å²) in [6, 6.07) is 6.64. The number of imidazole rings is 2. The molecular weight excluding hydrogens is 760 g/mol. The Bertz CT molecular complexity index is 2180. The average Bonchev–Trinajstić information content (AvgIpc) is 4.00. The Morgan fingerprint density at radius 2 is 1.59 bits per heavy atom. The number of hydrogen-bond acceptors (Lipinski definition) is 9. The van der Waals surface area contributed by atoms with Crippen LogP contribution in [0.25, 0.3) is 33.6 Å². The largest absolute Gasteiger partial charge is 0.488 e. The lowest BCUT2D eigenvalue weighted by molar-refractivity contribution is -0.137. The lowest BCUT2D eigenvalue weighted by atomic mass is 9.93. The van der Waals surface area contributed by atoms with Crippen molar-refractivity contribution in [3.8, 4) is 39.4 Å². The Balaban J connectivity index is 1.21. The van der Waals surface area contributed by atoms with Crippen LogP contribution < -0.4 is 15.4 Å². The van der Waals surface area contributed by atoms with E-state index in [1.54, 1.807) is 28.3 Å². The molecule has 2 aromatic heterocycles. The van der Waals surface area contributed by atoms with Gasteiger partial charge in [-0.3, -0.25) is 9.59 Å². The van der Waals surface area contributed by atoms with Crippen LogP contribution in [0, 0.1) is 23.6 Å². The van der Waals surface area contributed by atoms with Crippen LogP contribution in [-0.4, -0.2) is 93.1 Å². The molecule has 2 aliphatic rings. The Labute approximate surface area is 343 Å². The summed E-state index contributed by atoms with van der Waals surface area (Å²) in [6.45, 7) is 14.5. The highest BCUT2D eigenvalue weighted by Crippen LogP contribution is 2.43. The minimum absolute atomic E-state index is 0.126. The molecular formula is C43H55FN8O7. The van der Waals surface area contributed by atoms with E-state index in [0.29, 0.717) is 59.3 Å². The maximum atomic E-state index is 16.1. The molecule has 5 unspecified atom stereocenters. The molecule has 4 heterocycles. The molecule has 15 nitrogen and oxygen atoms in total. The Morgan fingerprint density at radius 1 is 0.932 bits per heavy atom. The van der Waals surface area contributed by atoms with Gasteiger partial charge >= 0.3 is 12.2 Å². The molecule has 5 atom stereocenters. The van der Waals surface area contributed by atoms with Gasteiger partial charge in [0.2, 0.25) is 11.8 Å². The molecule has 2 aliphatic heterocycles. The molecule has 0 saturated carbocycles. The predicted molar refractivity (Wildman–Crippen MR) is 218 cm³/mol. The molecule has 0 radical (unpaired) electrons. The Hall–Kier alpha value is -5.93. The van der Waals surface area contributed by atoms with Crippen LogP contribution in [0.2, 0.25) is 0 Å². The van der Waals surface area contributed by atoms with Crippen molar-refractivity contribution in [3.05, 3.63) is 65.8 Å². The third-order valence-electron chi connectivity index (χ3n) is 11.3. The standard InChI is InChI=1S/C43H55FN8O7/c1-10-14-51(40(53)35(22(2)3)49-42(55)57-8)25(7)38-45-20-32(47-38)27-17-30(44)34-29-12-11-26(16-28(29)21-59-33(34)18-27)31-19-46-39(48-31)37-24(6)13-15-52(37)41(54)36(23(4)5)50-43(56)58-9/h11-12,16-20,22-25,35-37H,10,13-15,21H2,1-9H3,(H,45,47)(H,46,48)(H,49,55)(H,50,56). The second-order valence-electron chi connectivity index (χ2n) is 16.0. The van der Waals surface area contributed by atoms with Crippen molar-refractivity contribution in [1.82, 2.24) is 40.4 Å². The first-order valence-electron chi connectivity index (χ1n) is 20.2. The van der Waals surface area contributed by atoms with Gasteiger partial charge in [-0.1, -0.05) is 53.7 Å². The molecule has 6 rings (SSSR count). The fraction of sp³-hybridized carbons (Fsp3) is 0.488. The van der Waals surface area contributed by atoms with Gasteiger partial charge in [0.1, 0.15) is 41.9 Å². The maximum Gasteiger partial charge on any atom is 0.407 e. The number of methoxy groups -OCH3 is 2. The molecule has 2 aromatic carbocycles. The molecule has 0 bridgehead atoms. The highest BCUT2D eigenvalue weighted by Gasteiger charge is 2.41. The number of nitrogens with one attached hydrogen (secondary N) is 4. The van der Waals surface area contributed by atoms with E-state index in [1.165, 1.54) is 20.3 Å². The summed E-state index contributed by atoms with van der Waals surface area (Å²) in [6.07, 6.45) is 3.48. The van der Waals surface area contributed by atoms with E-state index in [0.717, 1.165) is 23.2 Å². The van der Waals surface area contributed by atoms with Gasteiger partial charge in [-0.15, -0.1) is 0 Å². The molecule has 4 amide bonds. The number of aromatic amines is 2. The number of likely N-dealkylation sites (tertiary alicyclic amines) is 1. The molecule has 4 N–H and O–H groups in total. The van der Waals surface area contributed by atoms with Gasteiger partial charge in [0.05, 0.1) is 55.6 Å². The topological polar surface area (TPSA) is 184 Å². The molecule has 1 saturated heterocycles. The first-order chi connectivity index (χ1) is 28.2. The van der Waals surface area contributed by atoms with Gasteiger partial charge in [-0.2, -0.15) is 0 Å². The van der Waals surface area contributed by atoms with E-state index in [2.05, 4.69) is 32.5 Å². The normalized spacial score (nSPS) is 17.4. The lowest BCUT2D eigenvalue weighted by Crippen LogP contribution is -2.52. The third kappa shape index (κ3) is 8.76. The molecule has 16 heteroatoms. The first-order valence-corrected chi connectivity index (χ1v) is 20.2. The van der Waals surface area contributed by atoms with Crippen molar-refractivity contribution >= 4 is 24.0 Å². The Kier molecular flexibility index (Phi) is 13.0. The fourth-order valence-electron chi connectivity index (χ4n) is 7.97. The van der Waals surface area contributed by atoms with Crippen LogP contribution in [0.3, 0.4) is 0 Å². The highest BCUT2D eigenvalue weighted by atomic mass is 19.1. The van der Waals surface area contributed by atoms with E-state index < -0.39 is 36.1 Å². The lowest BCUT2D eigenvalue weighted by Gasteiger charge is -2.33. The van der Waals surface area contributed by atoms with Crippen LogP contribution in [0.5, 0.6) is 5.75 Å². The fourth-order valence-corrected chi connectivity index (χ4v) is 7.97. The summed E-state index contributed by atoms with van der Waals surface area (Å²) in [5.41, 5.74) is 4.54. The van der Waals surface area contributed by atoms with Crippen LogP contribution >= 0.6 is 0 Å². The first kappa shape index (κ1) is 42.7. The predicted octanol–water partition coefficient (Wildman–Crippen LogP) is 7.14. The number of rotatable bonds is 13. The smallest absolute Gasteiger partial charge is 0.407 e. The van der Waals surface area contributed by atoms with Crippen LogP contribution in [0.1, 0.15) is 90.6 Å². The van der Waals surface area contributed by atoms with Crippen molar-refractivity contribution in [2.45, 2.75) is 92.1 Å². The van der Waals surface area contributed by atoms with E-state index in [1.807, 2.05) is 59.7 Å². The number of hydrogen-bond donors (Lipinski definition) is 4. The number of alkyl carbamates (subject to hydrolysis) is 2. The van der Waals surface area contributed by atoms with Gasteiger partial charge in [-0.25, -0.2) is 23.9 Å². The number of benzene rings is 2. The Morgan fingerprint density at radius 3 is 2.25 bits per heavy atom. The zero-order chi connectivity index (χ0) is 42.7. The summed E-state index contributed by atoms with van der Waals surface area (Å²) in [7, 11) is 2.53. The highest BCUT2D eigenvalue weighted by molar-refractivity contribution is 5.87. The van der Waals surface area contributed by atoms with Crippen LogP contribution in [0.15, 0.2) is 42.7 Å². The average molecular weight is 815 g/mol. The number of aromatic nitrogens is 4.